The summed E-state index contributed by atoms with van der Waals surface area (Å²) in [6, 6.07) is 6.90. The molecule has 2 aromatic rings. The molecule has 1 aromatic heterocycles. The molecule has 24 heavy (non-hydrogen) atoms. The van der Waals surface area contributed by atoms with Gasteiger partial charge in [-0.3, -0.25) is 4.98 Å². The first-order valence-electron chi connectivity index (χ1n) is 6.80. The predicted molar refractivity (Wildman–Crippen MR) is 79.8 cm³/mol. The van der Waals surface area contributed by atoms with E-state index in [-0.39, 0.29) is 16.9 Å². The molecule has 128 valence electrons. The number of hydrogen-bond donors (Lipinski definition) is 0. The summed E-state index contributed by atoms with van der Waals surface area (Å²) in [7, 11) is 0. The fourth-order valence-corrected chi connectivity index (χ4v) is 2.02. The maximum atomic E-state index is 12.8. The number of pyridine rings is 1. The Bertz CT molecular complexity index is 697. The van der Waals surface area contributed by atoms with Crippen molar-refractivity contribution in [2.45, 2.75) is 25.9 Å². The van der Waals surface area contributed by atoms with E-state index in [4.69, 9.17) is 25.9 Å². The van der Waals surface area contributed by atoms with Crippen molar-refractivity contribution in [1.29, 1.82) is 0 Å². The van der Waals surface area contributed by atoms with Crippen molar-refractivity contribution in [2.24, 2.45) is 0 Å². The van der Waals surface area contributed by atoms with Gasteiger partial charge in [0, 0.05) is 5.69 Å². The topological polar surface area (TPSA) is 56.3 Å². The Kier molecular flexibility index (Phi) is 7.42. The highest BCUT2D eigenvalue weighted by molar-refractivity contribution is 6.31. The van der Waals surface area contributed by atoms with Crippen molar-refractivity contribution >= 4 is 17.8 Å². The number of aromatic nitrogens is 1. The molecule has 0 N–H and O–H groups in total. The lowest BCUT2D eigenvalue weighted by atomic mass is 10.2. The van der Waals surface area contributed by atoms with Gasteiger partial charge in [0.1, 0.15) is 11.5 Å². The van der Waals surface area contributed by atoms with Gasteiger partial charge in [0.15, 0.2) is 0 Å². The summed E-state index contributed by atoms with van der Waals surface area (Å²) < 4.78 is 43.6. The molecule has 0 aliphatic rings. The van der Waals surface area contributed by atoms with Crippen LogP contribution < -0.4 is 4.74 Å². The van der Waals surface area contributed by atoms with Crippen LogP contribution in [0.1, 0.15) is 24.6 Å². The molecule has 0 spiro atoms. The van der Waals surface area contributed by atoms with Gasteiger partial charge in [-0.05, 0) is 36.8 Å². The number of rotatable bonds is 4. The van der Waals surface area contributed by atoms with Gasteiger partial charge in [0.25, 0.3) is 0 Å². The molecule has 1 aromatic carbocycles. The lowest BCUT2D eigenvalue weighted by molar-refractivity contribution is -0.191. The summed E-state index contributed by atoms with van der Waals surface area (Å²) in [5, 5.41) is -0.355. The zero-order valence-electron chi connectivity index (χ0n) is 12.6. The summed E-state index contributed by atoms with van der Waals surface area (Å²) in [5.41, 5.74) is -0.00540. The number of nitrogens with zero attached hydrogens (tertiary/aromatic N) is 1. The van der Waals surface area contributed by atoms with E-state index < -0.39 is 11.7 Å². The van der Waals surface area contributed by atoms with Crippen molar-refractivity contribution in [1.82, 2.24) is 4.98 Å². The van der Waals surface area contributed by atoms with Crippen LogP contribution in [0.4, 0.5) is 13.2 Å². The normalized spacial score (nSPS) is 10.4. The molecular weight excluding hydrogens is 347 g/mol. The van der Waals surface area contributed by atoms with Gasteiger partial charge in [0.05, 0.1) is 16.8 Å². The highest BCUT2D eigenvalue weighted by atomic mass is 35.5. The van der Waals surface area contributed by atoms with Crippen LogP contribution in [0.15, 0.2) is 36.5 Å². The lowest BCUT2D eigenvalue weighted by Gasteiger charge is -2.11. The second-order valence-electron chi connectivity index (χ2n) is 4.56. The molecule has 0 amide bonds. The van der Waals surface area contributed by atoms with Gasteiger partial charge in [-0.2, -0.15) is 22.8 Å². The molecule has 0 saturated carbocycles. The minimum absolute atomic E-state index is 0.0665. The Hall–Kier alpha value is -2.37. The fourth-order valence-electron chi connectivity index (χ4n) is 1.80. The number of benzene rings is 1. The first-order chi connectivity index (χ1) is 11.3. The van der Waals surface area contributed by atoms with Gasteiger partial charge in [-0.15, -0.1) is 0 Å². The maximum Gasteiger partial charge on any atom is 0.417 e. The molecule has 0 radical (unpaired) electrons. The number of halogens is 4. The number of alkyl halides is 3. The zero-order valence-corrected chi connectivity index (χ0v) is 13.3. The average molecular weight is 360 g/mol. The molecule has 0 aliphatic heterocycles. The van der Waals surface area contributed by atoms with Crippen molar-refractivity contribution in [2.75, 3.05) is 0 Å². The molecule has 2 rings (SSSR count). The van der Waals surface area contributed by atoms with Gasteiger partial charge in [-0.1, -0.05) is 24.9 Å². The third-order valence-corrected chi connectivity index (χ3v) is 3.11. The molecule has 4 nitrogen and oxygen atoms in total. The van der Waals surface area contributed by atoms with Crippen LogP contribution in [-0.2, 0) is 22.2 Å². The van der Waals surface area contributed by atoms with E-state index in [1.807, 2.05) is 6.92 Å². The highest BCUT2D eigenvalue weighted by Crippen LogP contribution is 2.37. The molecular formula is C16H13ClF3NO3. The van der Waals surface area contributed by atoms with Crippen molar-refractivity contribution in [3.8, 4) is 11.5 Å². The van der Waals surface area contributed by atoms with E-state index in [1.165, 1.54) is 18.3 Å². The number of ether oxygens (including phenoxy) is 1. The Morgan fingerprint density at radius 3 is 2.29 bits per heavy atom. The number of aryl methyl sites for hydroxylation is 1. The van der Waals surface area contributed by atoms with Crippen LogP contribution in [0, 0.1) is 0 Å². The van der Waals surface area contributed by atoms with Gasteiger partial charge in [-0.25, -0.2) is 0 Å². The molecule has 0 bridgehead atoms. The second kappa shape index (κ2) is 9.05. The SMILES string of the molecule is CCCc1ccc(Oc2ccc(Cl)c(C(F)(F)F)c2)cn1.O=C=O. The van der Waals surface area contributed by atoms with Crippen molar-refractivity contribution < 1.29 is 27.5 Å². The smallest absolute Gasteiger partial charge is 0.417 e. The molecule has 0 fully saturated rings. The summed E-state index contributed by atoms with van der Waals surface area (Å²) in [6.45, 7) is 2.04. The molecule has 0 saturated heterocycles. The Balaban J connectivity index is 0.000000891. The second-order valence-corrected chi connectivity index (χ2v) is 4.97. The Morgan fingerprint density at radius 1 is 1.17 bits per heavy atom. The first-order valence-corrected chi connectivity index (χ1v) is 7.18. The van der Waals surface area contributed by atoms with E-state index >= 15 is 0 Å². The quantitative estimate of drug-likeness (QED) is 0.777. The van der Waals surface area contributed by atoms with Crippen LogP contribution in [0.25, 0.3) is 0 Å². The summed E-state index contributed by atoms with van der Waals surface area (Å²) in [4.78, 5) is 20.4. The largest absolute Gasteiger partial charge is 0.456 e. The van der Waals surface area contributed by atoms with Gasteiger partial charge >= 0.3 is 12.3 Å². The van der Waals surface area contributed by atoms with Crippen molar-refractivity contribution in [3.05, 3.63) is 52.8 Å². The highest BCUT2D eigenvalue weighted by Gasteiger charge is 2.33. The van der Waals surface area contributed by atoms with Crippen LogP contribution in [0.3, 0.4) is 0 Å². The minimum atomic E-state index is -4.51. The molecule has 1 heterocycles. The van der Waals surface area contributed by atoms with E-state index in [2.05, 4.69) is 4.98 Å². The first kappa shape index (κ1) is 19.7. The van der Waals surface area contributed by atoms with Crippen LogP contribution in [-0.4, -0.2) is 11.1 Å². The molecule has 0 unspecified atom stereocenters. The van der Waals surface area contributed by atoms with E-state index in [9.17, 15) is 13.2 Å². The van der Waals surface area contributed by atoms with E-state index in [0.29, 0.717) is 5.75 Å². The van der Waals surface area contributed by atoms with E-state index in [1.54, 1.807) is 12.1 Å². The van der Waals surface area contributed by atoms with Crippen LogP contribution >= 0.6 is 11.6 Å². The monoisotopic (exact) mass is 359 g/mol. The average Bonchev–Trinajstić information content (AvgIpc) is 2.51. The standard InChI is InChI=1S/C15H13ClF3NO.CO2/c1-2-3-10-4-5-12(9-20-10)21-11-6-7-14(16)13(8-11)15(17,18)19;2-1-3/h4-9H,2-3H2,1H3;. The molecule has 0 atom stereocenters. The molecule has 8 heteroatoms. The van der Waals surface area contributed by atoms with E-state index in [0.717, 1.165) is 24.6 Å². The predicted octanol–water partition coefficient (Wildman–Crippen LogP) is 4.92. The number of hydrogen-bond acceptors (Lipinski definition) is 4. The summed E-state index contributed by atoms with van der Waals surface area (Å²) in [6.07, 6.45) is -0.953. The third-order valence-electron chi connectivity index (χ3n) is 2.78. The van der Waals surface area contributed by atoms with Crippen LogP contribution in [0.5, 0.6) is 11.5 Å². The fraction of sp³-hybridized carbons (Fsp3) is 0.250. The van der Waals surface area contributed by atoms with Crippen molar-refractivity contribution in [3.63, 3.8) is 0 Å². The Labute approximate surface area is 141 Å². The minimum Gasteiger partial charge on any atom is -0.456 e. The zero-order chi connectivity index (χ0) is 18.2. The van der Waals surface area contributed by atoms with Gasteiger partial charge < -0.3 is 4.74 Å². The maximum absolute atomic E-state index is 12.8. The van der Waals surface area contributed by atoms with Gasteiger partial charge in [0.2, 0.25) is 0 Å². The third kappa shape index (κ3) is 6.02. The Morgan fingerprint density at radius 2 is 1.79 bits per heavy atom. The molecule has 0 aliphatic carbocycles. The summed E-state index contributed by atoms with van der Waals surface area (Å²) in [5.74, 6) is 0.446. The summed E-state index contributed by atoms with van der Waals surface area (Å²) >= 11 is 5.55. The van der Waals surface area contributed by atoms with Crippen LogP contribution in [0.2, 0.25) is 5.02 Å². The lowest BCUT2D eigenvalue weighted by Crippen LogP contribution is -2.05. The number of carbonyl (C=O) groups excluding carboxylic acids is 2.